The molecule has 1 amide bonds. The summed E-state index contributed by atoms with van der Waals surface area (Å²) in [5, 5.41) is 5.95. The van der Waals surface area contributed by atoms with Crippen molar-refractivity contribution in [2.45, 2.75) is 45.8 Å². The third kappa shape index (κ3) is 3.70. The molecule has 1 N–H and O–H groups in total. The molecule has 128 valence electrons. The summed E-state index contributed by atoms with van der Waals surface area (Å²) in [4.78, 5) is 16.6. The van der Waals surface area contributed by atoms with E-state index in [0.29, 0.717) is 13.0 Å². The number of nitrogens with zero attached hydrogens (tertiary/aromatic N) is 1. The lowest BCUT2D eigenvalue weighted by atomic mass is 10.1. The Kier molecular flexibility index (Phi) is 5.04. The van der Waals surface area contributed by atoms with Gasteiger partial charge in [0.25, 0.3) is 0 Å². The van der Waals surface area contributed by atoms with Gasteiger partial charge in [0.05, 0.1) is 24.2 Å². The van der Waals surface area contributed by atoms with E-state index in [2.05, 4.69) is 17.2 Å². The number of thiazole rings is 1. The SMILES string of the molecule is CCc1nc(CC(=O)NCc2cc3c(cc2OC)C[C@@H](C)O3)cs1. The van der Waals surface area contributed by atoms with E-state index in [9.17, 15) is 4.79 Å². The molecular weight excluding hydrogens is 324 g/mol. The number of benzene rings is 1. The maximum absolute atomic E-state index is 12.2. The van der Waals surface area contributed by atoms with Crippen molar-refractivity contribution in [1.82, 2.24) is 10.3 Å². The minimum absolute atomic E-state index is 0.0419. The van der Waals surface area contributed by atoms with Gasteiger partial charge < -0.3 is 14.8 Å². The number of hydrogen-bond acceptors (Lipinski definition) is 5. The Bertz CT molecular complexity index is 742. The molecule has 0 fully saturated rings. The number of nitrogens with one attached hydrogen (secondary N) is 1. The highest BCUT2D eigenvalue weighted by Gasteiger charge is 2.21. The van der Waals surface area contributed by atoms with Crippen LogP contribution < -0.4 is 14.8 Å². The van der Waals surface area contributed by atoms with Crippen molar-refractivity contribution in [2.24, 2.45) is 0 Å². The van der Waals surface area contributed by atoms with Gasteiger partial charge in [-0.3, -0.25) is 4.79 Å². The average Bonchev–Trinajstić information content (AvgIpc) is 3.16. The zero-order chi connectivity index (χ0) is 17.1. The molecule has 1 aromatic heterocycles. The van der Waals surface area contributed by atoms with Crippen LogP contribution >= 0.6 is 11.3 Å². The smallest absolute Gasteiger partial charge is 0.226 e. The van der Waals surface area contributed by atoms with Crippen molar-refractivity contribution in [1.29, 1.82) is 0 Å². The Balaban J connectivity index is 1.63. The Labute approximate surface area is 146 Å². The van der Waals surface area contributed by atoms with Crippen molar-refractivity contribution >= 4 is 17.2 Å². The van der Waals surface area contributed by atoms with Gasteiger partial charge in [0.2, 0.25) is 5.91 Å². The first-order chi connectivity index (χ1) is 11.6. The van der Waals surface area contributed by atoms with E-state index in [0.717, 1.165) is 46.2 Å². The van der Waals surface area contributed by atoms with Crippen LogP contribution in [0.2, 0.25) is 0 Å². The molecule has 24 heavy (non-hydrogen) atoms. The van der Waals surface area contributed by atoms with Gasteiger partial charge in [-0.1, -0.05) is 6.92 Å². The number of aromatic nitrogens is 1. The Morgan fingerprint density at radius 3 is 3.04 bits per heavy atom. The van der Waals surface area contributed by atoms with Gasteiger partial charge in [0.1, 0.15) is 17.6 Å². The van der Waals surface area contributed by atoms with Gasteiger partial charge in [-0.2, -0.15) is 0 Å². The number of hydrogen-bond donors (Lipinski definition) is 1. The normalized spacial score (nSPS) is 15.7. The van der Waals surface area contributed by atoms with Crippen molar-refractivity contribution in [3.8, 4) is 11.5 Å². The molecule has 1 atom stereocenters. The number of amides is 1. The fourth-order valence-electron chi connectivity index (χ4n) is 2.82. The van der Waals surface area contributed by atoms with Crippen LogP contribution in [0.5, 0.6) is 11.5 Å². The third-order valence-electron chi connectivity index (χ3n) is 4.02. The van der Waals surface area contributed by atoms with E-state index >= 15 is 0 Å². The summed E-state index contributed by atoms with van der Waals surface area (Å²) in [5.41, 5.74) is 2.91. The number of aryl methyl sites for hydroxylation is 1. The van der Waals surface area contributed by atoms with E-state index in [4.69, 9.17) is 9.47 Å². The molecule has 0 bridgehead atoms. The summed E-state index contributed by atoms with van der Waals surface area (Å²) in [6.07, 6.45) is 2.28. The summed E-state index contributed by atoms with van der Waals surface area (Å²) in [5.74, 6) is 1.63. The Hall–Kier alpha value is -2.08. The lowest BCUT2D eigenvalue weighted by Gasteiger charge is -2.12. The quantitative estimate of drug-likeness (QED) is 0.874. The zero-order valence-electron chi connectivity index (χ0n) is 14.2. The number of carbonyl (C=O) groups excluding carboxylic acids is 1. The second-order valence-corrected chi connectivity index (χ2v) is 6.89. The molecule has 0 saturated heterocycles. The minimum Gasteiger partial charge on any atom is -0.496 e. The van der Waals surface area contributed by atoms with Crippen molar-refractivity contribution in [2.75, 3.05) is 7.11 Å². The van der Waals surface area contributed by atoms with Crippen LogP contribution in [-0.2, 0) is 30.6 Å². The predicted molar refractivity (Wildman–Crippen MR) is 93.8 cm³/mol. The third-order valence-corrected chi connectivity index (χ3v) is 5.06. The van der Waals surface area contributed by atoms with E-state index < -0.39 is 0 Å². The van der Waals surface area contributed by atoms with E-state index in [-0.39, 0.29) is 12.0 Å². The summed E-state index contributed by atoms with van der Waals surface area (Å²) in [7, 11) is 1.65. The monoisotopic (exact) mass is 346 g/mol. The lowest BCUT2D eigenvalue weighted by molar-refractivity contribution is -0.120. The highest BCUT2D eigenvalue weighted by molar-refractivity contribution is 7.09. The molecule has 0 aliphatic carbocycles. The van der Waals surface area contributed by atoms with Crippen LogP contribution in [-0.4, -0.2) is 24.1 Å². The molecule has 1 aromatic carbocycles. The summed E-state index contributed by atoms with van der Waals surface area (Å²) in [6, 6.07) is 3.98. The summed E-state index contributed by atoms with van der Waals surface area (Å²) >= 11 is 1.60. The molecule has 0 spiro atoms. The van der Waals surface area contributed by atoms with Crippen LogP contribution in [0.15, 0.2) is 17.5 Å². The predicted octanol–water partition coefficient (Wildman–Crippen LogP) is 2.90. The van der Waals surface area contributed by atoms with E-state index in [1.165, 1.54) is 0 Å². The minimum atomic E-state index is -0.0419. The van der Waals surface area contributed by atoms with E-state index in [1.54, 1.807) is 18.4 Å². The first-order valence-corrected chi connectivity index (χ1v) is 9.03. The fourth-order valence-corrected chi connectivity index (χ4v) is 3.57. The molecule has 5 nitrogen and oxygen atoms in total. The highest BCUT2D eigenvalue weighted by Crippen LogP contribution is 2.34. The van der Waals surface area contributed by atoms with Crippen LogP contribution in [0.1, 0.15) is 35.7 Å². The topological polar surface area (TPSA) is 60.5 Å². The van der Waals surface area contributed by atoms with Crippen molar-refractivity contribution in [3.05, 3.63) is 39.3 Å². The number of methoxy groups -OCH3 is 1. The Morgan fingerprint density at radius 1 is 1.50 bits per heavy atom. The van der Waals surface area contributed by atoms with Gasteiger partial charge in [-0.25, -0.2) is 4.98 Å². The first-order valence-electron chi connectivity index (χ1n) is 8.15. The van der Waals surface area contributed by atoms with Gasteiger partial charge >= 0.3 is 0 Å². The maximum Gasteiger partial charge on any atom is 0.226 e. The van der Waals surface area contributed by atoms with Crippen LogP contribution in [0, 0.1) is 0 Å². The average molecular weight is 346 g/mol. The number of rotatable bonds is 6. The number of ether oxygens (including phenoxy) is 2. The first kappa shape index (κ1) is 16.8. The summed E-state index contributed by atoms with van der Waals surface area (Å²) < 4.78 is 11.2. The molecule has 1 aliphatic heterocycles. The second-order valence-electron chi connectivity index (χ2n) is 5.94. The Morgan fingerprint density at radius 2 is 2.33 bits per heavy atom. The molecule has 0 saturated carbocycles. The maximum atomic E-state index is 12.2. The van der Waals surface area contributed by atoms with Gasteiger partial charge in [-0.15, -0.1) is 11.3 Å². The molecule has 2 heterocycles. The molecule has 0 unspecified atom stereocenters. The van der Waals surface area contributed by atoms with Crippen LogP contribution in [0.4, 0.5) is 0 Å². The second kappa shape index (κ2) is 7.21. The number of carbonyl (C=O) groups is 1. The zero-order valence-corrected chi connectivity index (χ0v) is 15.0. The summed E-state index contributed by atoms with van der Waals surface area (Å²) in [6.45, 7) is 4.52. The van der Waals surface area contributed by atoms with Crippen LogP contribution in [0.3, 0.4) is 0 Å². The molecule has 2 aromatic rings. The van der Waals surface area contributed by atoms with Crippen LogP contribution in [0.25, 0.3) is 0 Å². The molecule has 6 heteroatoms. The fraction of sp³-hybridized carbons (Fsp3) is 0.444. The molecule has 0 radical (unpaired) electrons. The molecule has 1 aliphatic rings. The lowest BCUT2D eigenvalue weighted by Crippen LogP contribution is -2.25. The van der Waals surface area contributed by atoms with Gasteiger partial charge in [0.15, 0.2) is 0 Å². The van der Waals surface area contributed by atoms with Gasteiger partial charge in [-0.05, 0) is 25.5 Å². The van der Waals surface area contributed by atoms with Crippen molar-refractivity contribution < 1.29 is 14.3 Å². The number of fused-ring (bicyclic) bond motifs is 1. The largest absolute Gasteiger partial charge is 0.496 e. The van der Waals surface area contributed by atoms with Gasteiger partial charge in [0, 0.05) is 29.5 Å². The molecular formula is C18H22N2O3S. The highest BCUT2D eigenvalue weighted by atomic mass is 32.1. The van der Waals surface area contributed by atoms with E-state index in [1.807, 2.05) is 24.4 Å². The van der Waals surface area contributed by atoms with Crippen molar-refractivity contribution in [3.63, 3.8) is 0 Å². The standard InChI is InChI=1S/C18H22N2O3S/c1-4-18-20-14(10-24-18)8-17(21)19-9-13-7-16-12(5-11(2)23-16)6-15(13)22-3/h6-7,10-11H,4-5,8-9H2,1-3H3,(H,19,21)/t11-/m1/s1. The molecule has 3 rings (SSSR count).